The van der Waals surface area contributed by atoms with Crippen molar-refractivity contribution in [2.75, 3.05) is 38.2 Å². The zero-order chi connectivity index (χ0) is 28.3. The van der Waals surface area contributed by atoms with Gasteiger partial charge in [-0.25, -0.2) is 0 Å². The minimum atomic E-state index is -0.751. The lowest BCUT2D eigenvalue weighted by Crippen LogP contribution is -2.53. The van der Waals surface area contributed by atoms with E-state index in [1.54, 1.807) is 21.9 Å². The second kappa shape index (κ2) is 12.5. The Kier molecular flexibility index (Phi) is 9.31. The Morgan fingerprint density at radius 2 is 1.67 bits per heavy atom. The number of methoxy groups -OCH3 is 1. The fraction of sp³-hybridized carbons (Fsp3) is 0.667. The van der Waals surface area contributed by atoms with Gasteiger partial charge in [-0.3, -0.25) is 19.2 Å². The first kappa shape index (κ1) is 29.1. The molecule has 0 spiro atoms. The summed E-state index contributed by atoms with van der Waals surface area (Å²) in [5.74, 6) is -0.706. The number of amides is 3. The van der Waals surface area contributed by atoms with Crippen LogP contribution < -0.4 is 10.2 Å². The Labute approximate surface area is 232 Å². The first-order valence-corrected chi connectivity index (χ1v) is 14.5. The molecule has 3 amide bonds. The van der Waals surface area contributed by atoms with E-state index in [4.69, 9.17) is 4.74 Å². The quantitative estimate of drug-likeness (QED) is 0.490. The molecule has 0 aliphatic carbocycles. The van der Waals surface area contributed by atoms with Gasteiger partial charge in [-0.15, -0.1) is 0 Å². The van der Waals surface area contributed by atoms with Gasteiger partial charge in [0.2, 0.25) is 5.91 Å². The van der Waals surface area contributed by atoms with Crippen molar-refractivity contribution in [2.24, 2.45) is 11.8 Å². The zero-order valence-corrected chi connectivity index (χ0v) is 24.0. The number of ether oxygens (including phenoxy) is 1. The number of benzene rings is 1. The molecule has 1 N–H and O–H groups in total. The minimum Gasteiger partial charge on any atom is -0.372 e. The summed E-state index contributed by atoms with van der Waals surface area (Å²) in [5.41, 5.74) is 1.60. The molecule has 0 radical (unpaired) electrons. The summed E-state index contributed by atoms with van der Waals surface area (Å²) in [6.07, 6.45) is 3.52. The van der Waals surface area contributed by atoms with Crippen LogP contribution in [-0.2, 0) is 19.1 Å². The predicted octanol–water partition coefficient (Wildman–Crippen LogP) is 2.87. The van der Waals surface area contributed by atoms with Gasteiger partial charge in [0.1, 0.15) is 18.2 Å². The largest absolute Gasteiger partial charge is 0.372 e. The number of fused-ring (bicyclic) bond motifs is 1. The van der Waals surface area contributed by atoms with E-state index in [9.17, 15) is 19.2 Å². The first-order valence-electron chi connectivity index (χ1n) is 14.5. The van der Waals surface area contributed by atoms with Crippen molar-refractivity contribution in [1.29, 1.82) is 0 Å². The van der Waals surface area contributed by atoms with Crippen molar-refractivity contribution in [3.63, 3.8) is 0 Å². The molecule has 4 rings (SSSR count). The van der Waals surface area contributed by atoms with Gasteiger partial charge in [0.05, 0.1) is 12.6 Å². The second-order valence-electron chi connectivity index (χ2n) is 11.7. The van der Waals surface area contributed by atoms with E-state index in [2.05, 4.69) is 10.2 Å². The highest BCUT2D eigenvalue weighted by atomic mass is 16.5. The van der Waals surface area contributed by atoms with E-state index in [0.717, 1.165) is 25.2 Å². The van der Waals surface area contributed by atoms with E-state index in [-0.39, 0.29) is 47.9 Å². The molecule has 1 aromatic carbocycles. The van der Waals surface area contributed by atoms with Crippen LogP contribution in [0, 0.1) is 11.8 Å². The van der Waals surface area contributed by atoms with E-state index in [1.807, 2.05) is 39.8 Å². The molecule has 0 saturated carbocycles. The smallest absolute Gasteiger partial charge is 0.252 e. The minimum absolute atomic E-state index is 0.0151. The molecule has 3 heterocycles. The molecule has 3 saturated heterocycles. The molecule has 39 heavy (non-hydrogen) atoms. The highest BCUT2D eigenvalue weighted by molar-refractivity contribution is 6.01. The molecule has 3 aliphatic heterocycles. The van der Waals surface area contributed by atoms with Crippen LogP contribution in [0.25, 0.3) is 0 Å². The standard InChI is InChI=1S/C30H44N4O5/c1-6-20(4)27(39-5)30(38)34-18-25(35)26-24(34)13-16-33(26)29(37)23(17-19(2)3)31-28(36)21-9-11-22(12-10-21)32-14-7-8-15-32/h9-12,19-20,23-24,26-27H,6-8,13-18H2,1-5H3,(H,31,36). The number of anilines is 1. The Balaban J connectivity index is 1.46. The fourth-order valence-corrected chi connectivity index (χ4v) is 6.25. The van der Waals surface area contributed by atoms with Crippen molar-refractivity contribution in [3.8, 4) is 0 Å². The highest BCUT2D eigenvalue weighted by Gasteiger charge is 2.53. The summed E-state index contributed by atoms with van der Waals surface area (Å²) in [6.45, 7) is 10.4. The predicted molar refractivity (Wildman–Crippen MR) is 149 cm³/mol. The summed E-state index contributed by atoms with van der Waals surface area (Å²) < 4.78 is 5.51. The Bertz CT molecular complexity index is 1050. The summed E-state index contributed by atoms with van der Waals surface area (Å²) in [7, 11) is 1.52. The van der Waals surface area contributed by atoms with Crippen LogP contribution in [0.15, 0.2) is 24.3 Å². The van der Waals surface area contributed by atoms with Gasteiger partial charge in [0, 0.05) is 38.0 Å². The molecular weight excluding hydrogens is 496 g/mol. The van der Waals surface area contributed by atoms with E-state index in [0.29, 0.717) is 24.9 Å². The lowest BCUT2D eigenvalue weighted by Gasteiger charge is -2.30. The van der Waals surface area contributed by atoms with Crippen molar-refractivity contribution >= 4 is 29.2 Å². The van der Waals surface area contributed by atoms with Gasteiger partial charge < -0.3 is 24.8 Å². The molecule has 3 fully saturated rings. The number of rotatable bonds is 10. The highest BCUT2D eigenvalue weighted by Crippen LogP contribution is 2.32. The molecular formula is C30H44N4O5. The number of likely N-dealkylation sites (tertiary alicyclic amines) is 2. The lowest BCUT2D eigenvalue weighted by atomic mass is 10.00. The van der Waals surface area contributed by atoms with Gasteiger partial charge in [-0.2, -0.15) is 0 Å². The molecule has 3 aliphatic rings. The summed E-state index contributed by atoms with van der Waals surface area (Å²) in [4.78, 5) is 59.0. The van der Waals surface area contributed by atoms with E-state index < -0.39 is 18.2 Å². The molecule has 9 heteroatoms. The number of ketones is 1. The molecule has 0 bridgehead atoms. The normalized spacial score (nSPS) is 23.2. The SMILES string of the molecule is CCC(C)C(OC)C(=O)N1CC(=O)C2C1CCN2C(=O)C(CC(C)C)NC(=O)c1ccc(N2CCCC2)cc1. The van der Waals surface area contributed by atoms with E-state index >= 15 is 0 Å². The third-order valence-corrected chi connectivity index (χ3v) is 8.56. The van der Waals surface area contributed by atoms with Gasteiger partial charge >= 0.3 is 0 Å². The number of nitrogens with zero attached hydrogens (tertiary/aromatic N) is 3. The van der Waals surface area contributed by atoms with Crippen molar-refractivity contribution in [3.05, 3.63) is 29.8 Å². The lowest BCUT2D eigenvalue weighted by molar-refractivity contribution is -0.146. The molecule has 214 valence electrons. The average molecular weight is 541 g/mol. The number of carbonyl (C=O) groups excluding carboxylic acids is 4. The maximum Gasteiger partial charge on any atom is 0.252 e. The van der Waals surface area contributed by atoms with Crippen molar-refractivity contribution in [1.82, 2.24) is 15.1 Å². The van der Waals surface area contributed by atoms with Gasteiger partial charge in [-0.1, -0.05) is 34.1 Å². The van der Waals surface area contributed by atoms with Crippen LogP contribution in [-0.4, -0.2) is 90.8 Å². The number of hydrogen-bond donors (Lipinski definition) is 1. The zero-order valence-electron chi connectivity index (χ0n) is 24.0. The third-order valence-electron chi connectivity index (χ3n) is 8.56. The van der Waals surface area contributed by atoms with Crippen LogP contribution in [0.1, 0.15) is 70.2 Å². The maximum absolute atomic E-state index is 13.8. The molecule has 5 atom stereocenters. The Hall–Kier alpha value is -2.94. The Morgan fingerprint density at radius 3 is 2.26 bits per heavy atom. The van der Waals surface area contributed by atoms with Crippen LogP contribution >= 0.6 is 0 Å². The van der Waals surface area contributed by atoms with Crippen LogP contribution in [0.3, 0.4) is 0 Å². The summed E-state index contributed by atoms with van der Waals surface area (Å²) in [6, 6.07) is 5.74. The monoisotopic (exact) mass is 540 g/mol. The van der Waals surface area contributed by atoms with Crippen molar-refractivity contribution < 1.29 is 23.9 Å². The van der Waals surface area contributed by atoms with Gasteiger partial charge in [0.15, 0.2) is 5.78 Å². The molecule has 0 aromatic heterocycles. The average Bonchev–Trinajstić information content (AvgIpc) is 3.67. The second-order valence-corrected chi connectivity index (χ2v) is 11.7. The number of Topliss-reactive ketones (excluding diaryl/α,β-unsaturated/α-hetero) is 1. The van der Waals surface area contributed by atoms with Crippen LogP contribution in [0.5, 0.6) is 0 Å². The van der Waals surface area contributed by atoms with Crippen LogP contribution in [0.2, 0.25) is 0 Å². The molecule has 5 unspecified atom stereocenters. The number of nitrogens with one attached hydrogen (secondary N) is 1. The topological polar surface area (TPSA) is 99.3 Å². The van der Waals surface area contributed by atoms with Gasteiger partial charge in [0.25, 0.3) is 11.8 Å². The van der Waals surface area contributed by atoms with Crippen LogP contribution in [0.4, 0.5) is 5.69 Å². The van der Waals surface area contributed by atoms with Gasteiger partial charge in [-0.05, 0) is 61.8 Å². The maximum atomic E-state index is 13.8. The number of hydrogen-bond acceptors (Lipinski definition) is 6. The third kappa shape index (κ3) is 6.13. The Morgan fingerprint density at radius 1 is 1.00 bits per heavy atom. The first-order chi connectivity index (χ1) is 18.7. The molecule has 9 nitrogen and oxygen atoms in total. The fourth-order valence-electron chi connectivity index (χ4n) is 6.25. The summed E-state index contributed by atoms with van der Waals surface area (Å²) >= 11 is 0. The number of carbonyl (C=O) groups is 4. The molecule has 1 aromatic rings. The van der Waals surface area contributed by atoms with E-state index in [1.165, 1.54) is 20.0 Å². The van der Waals surface area contributed by atoms with Crippen molar-refractivity contribution in [2.45, 2.75) is 84.0 Å². The summed E-state index contributed by atoms with van der Waals surface area (Å²) in [5, 5.41) is 2.95.